The van der Waals surface area contributed by atoms with Gasteiger partial charge in [-0.1, -0.05) is 218 Å². The maximum atomic E-state index is 12.7. The molecule has 1 unspecified atom stereocenters. The number of carbonyl (C=O) groups excluding carboxylic acids is 3. The zero-order valence-corrected chi connectivity index (χ0v) is 35.7. The minimum absolute atomic E-state index is 0.0951. The third-order valence-corrected chi connectivity index (χ3v) is 9.94. The van der Waals surface area contributed by atoms with E-state index in [1.165, 1.54) is 135 Å². The molecule has 0 aliphatic heterocycles. The van der Waals surface area contributed by atoms with Crippen LogP contribution in [0.4, 0.5) is 0 Å². The van der Waals surface area contributed by atoms with Gasteiger partial charge in [0.2, 0.25) is 0 Å². The van der Waals surface area contributed by atoms with Gasteiger partial charge in [0.1, 0.15) is 13.2 Å². The third-order valence-electron chi connectivity index (χ3n) is 9.94. The average Bonchev–Trinajstić information content (AvgIpc) is 3.17. The molecule has 54 heavy (non-hydrogen) atoms. The molecule has 0 amide bonds. The van der Waals surface area contributed by atoms with Crippen molar-refractivity contribution in [3.8, 4) is 0 Å². The largest absolute Gasteiger partial charge is 0.462 e. The molecule has 0 aromatic carbocycles. The first-order chi connectivity index (χ1) is 26.5. The van der Waals surface area contributed by atoms with Crippen LogP contribution in [0.2, 0.25) is 0 Å². The topological polar surface area (TPSA) is 78.9 Å². The van der Waals surface area contributed by atoms with Crippen LogP contribution in [-0.2, 0) is 28.6 Å². The number of esters is 3. The number of hydrogen-bond acceptors (Lipinski definition) is 6. The maximum absolute atomic E-state index is 12.7. The highest BCUT2D eigenvalue weighted by molar-refractivity contribution is 5.72. The van der Waals surface area contributed by atoms with Gasteiger partial charge in [0.15, 0.2) is 6.10 Å². The van der Waals surface area contributed by atoms with Crippen molar-refractivity contribution >= 4 is 17.9 Å². The summed E-state index contributed by atoms with van der Waals surface area (Å²) in [7, 11) is 0. The highest BCUT2D eigenvalue weighted by atomic mass is 16.6. The Morgan fingerprint density at radius 2 is 0.722 bits per heavy atom. The highest BCUT2D eigenvalue weighted by Crippen LogP contribution is 2.15. The molecule has 0 aromatic rings. The molecule has 314 valence electrons. The zero-order chi connectivity index (χ0) is 39.4. The van der Waals surface area contributed by atoms with Crippen molar-refractivity contribution in [1.82, 2.24) is 0 Å². The van der Waals surface area contributed by atoms with E-state index < -0.39 is 12.1 Å². The Morgan fingerprint density at radius 1 is 0.389 bits per heavy atom. The van der Waals surface area contributed by atoms with Gasteiger partial charge in [0.25, 0.3) is 0 Å². The van der Waals surface area contributed by atoms with E-state index in [4.69, 9.17) is 14.2 Å². The molecule has 0 bridgehead atoms. The van der Waals surface area contributed by atoms with Gasteiger partial charge in [-0.3, -0.25) is 14.4 Å². The number of rotatable bonds is 41. The van der Waals surface area contributed by atoms with Crippen molar-refractivity contribution in [3.63, 3.8) is 0 Å². The van der Waals surface area contributed by atoms with Crippen LogP contribution in [0.15, 0.2) is 36.5 Å². The zero-order valence-electron chi connectivity index (χ0n) is 35.7. The molecule has 0 radical (unpaired) electrons. The minimum atomic E-state index is -0.799. The third kappa shape index (κ3) is 40.8. The van der Waals surface area contributed by atoms with Gasteiger partial charge in [-0.05, 0) is 32.1 Å². The second-order valence-corrected chi connectivity index (χ2v) is 15.3. The predicted octanol–water partition coefficient (Wildman–Crippen LogP) is 14.6. The van der Waals surface area contributed by atoms with E-state index >= 15 is 0 Å². The van der Waals surface area contributed by atoms with Crippen LogP contribution in [0.3, 0.4) is 0 Å². The Kier molecular flexibility index (Phi) is 41.5. The average molecular weight is 759 g/mol. The molecule has 0 N–H and O–H groups in total. The first-order valence-electron chi connectivity index (χ1n) is 23.0. The number of ether oxygens (including phenoxy) is 3. The van der Waals surface area contributed by atoms with E-state index in [0.29, 0.717) is 12.8 Å². The van der Waals surface area contributed by atoms with Crippen molar-refractivity contribution in [2.45, 2.75) is 239 Å². The van der Waals surface area contributed by atoms with Gasteiger partial charge in [0, 0.05) is 12.8 Å². The standard InChI is InChI=1S/C48H86O6/c1-4-7-10-13-16-19-21-23-25-26-29-32-35-38-41-47(50)53-44-45(43-52-46(49)40-37-34-31-28-18-15-12-9-6-3)54-48(51)42-39-36-33-30-27-24-22-20-17-14-11-8-5-2/h9,12,18,28,34,37,45H,4-8,10-11,13-17,19-27,29-33,35-36,38-44H2,1-3H3/b12-9-,28-18-,37-34-. The van der Waals surface area contributed by atoms with Gasteiger partial charge in [-0.15, -0.1) is 0 Å². The Labute approximate surface area is 334 Å². The van der Waals surface area contributed by atoms with Gasteiger partial charge in [-0.2, -0.15) is 0 Å². The Bertz CT molecular complexity index is 922. The summed E-state index contributed by atoms with van der Waals surface area (Å²) in [6.45, 7) is 6.43. The molecular weight excluding hydrogens is 673 g/mol. The lowest BCUT2D eigenvalue weighted by Gasteiger charge is -2.18. The first kappa shape index (κ1) is 51.6. The van der Waals surface area contributed by atoms with E-state index in [-0.39, 0.29) is 31.6 Å². The second-order valence-electron chi connectivity index (χ2n) is 15.3. The second kappa shape index (κ2) is 43.4. The molecule has 6 heteroatoms. The van der Waals surface area contributed by atoms with Crippen LogP contribution >= 0.6 is 0 Å². The first-order valence-corrected chi connectivity index (χ1v) is 23.0. The number of hydrogen-bond donors (Lipinski definition) is 0. The van der Waals surface area contributed by atoms with E-state index in [1.54, 1.807) is 6.08 Å². The van der Waals surface area contributed by atoms with Crippen LogP contribution in [0.5, 0.6) is 0 Å². The molecule has 0 saturated carbocycles. The SMILES string of the molecule is CC/C=C\C/C=C\C/C=C\CC(=O)OCC(COC(=O)CCCCCCCCCCCCCCCC)OC(=O)CCCCCCCCCCCCCCC. The minimum Gasteiger partial charge on any atom is -0.462 e. The van der Waals surface area contributed by atoms with Crippen LogP contribution < -0.4 is 0 Å². The summed E-state index contributed by atoms with van der Waals surface area (Å²) in [6.07, 6.45) is 48.7. The molecule has 0 heterocycles. The van der Waals surface area contributed by atoms with Gasteiger partial charge in [0.05, 0.1) is 6.42 Å². The molecule has 6 nitrogen and oxygen atoms in total. The molecule has 1 atom stereocenters. The van der Waals surface area contributed by atoms with Crippen molar-refractivity contribution in [2.75, 3.05) is 13.2 Å². The molecule has 0 spiro atoms. The Morgan fingerprint density at radius 3 is 1.13 bits per heavy atom. The summed E-state index contributed by atoms with van der Waals surface area (Å²) < 4.78 is 16.6. The summed E-state index contributed by atoms with van der Waals surface area (Å²) in [6, 6.07) is 0. The van der Waals surface area contributed by atoms with Crippen molar-refractivity contribution in [3.05, 3.63) is 36.5 Å². The molecule has 0 aromatic heterocycles. The summed E-state index contributed by atoms with van der Waals surface area (Å²) in [5.41, 5.74) is 0. The molecule has 0 aliphatic carbocycles. The smallest absolute Gasteiger partial charge is 0.309 e. The van der Waals surface area contributed by atoms with E-state index in [0.717, 1.165) is 57.8 Å². The van der Waals surface area contributed by atoms with Gasteiger partial charge >= 0.3 is 17.9 Å². The lowest BCUT2D eigenvalue weighted by molar-refractivity contribution is -0.166. The van der Waals surface area contributed by atoms with Crippen LogP contribution in [0.25, 0.3) is 0 Å². The van der Waals surface area contributed by atoms with Crippen molar-refractivity contribution in [1.29, 1.82) is 0 Å². The van der Waals surface area contributed by atoms with Gasteiger partial charge < -0.3 is 14.2 Å². The van der Waals surface area contributed by atoms with E-state index in [9.17, 15) is 14.4 Å². The predicted molar refractivity (Wildman–Crippen MR) is 229 cm³/mol. The monoisotopic (exact) mass is 759 g/mol. The maximum Gasteiger partial charge on any atom is 0.309 e. The summed E-state index contributed by atoms with van der Waals surface area (Å²) in [5.74, 6) is -1.02. The molecule has 0 saturated heterocycles. The van der Waals surface area contributed by atoms with Crippen molar-refractivity contribution in [2.24, 2.45) is 0 Å². The van der Waals surface area contributed by atoms with E-state index in [2.05, 4.69) is 45.1 Å². The number of unbranched alkanes of at least 4 members (excludes halogenated alkanes) is 25. The molecule has 0 fully saturated rings. The fourth-order valence-electron chi connectivity index (χ4n) is 6.50. The highest BCUT2D eigenvalue weighted by Gasteiger charge is 2.19. The summed E-state index contributed by atoms with van der Waals surface area (Å²) >= 11 is 0. The normalized spacial score (nSPS) is 12.3. The van der Waals surface area contributed by atoms with Gasteiger partial charge in [-0.25, -0.2) is 0 Å². The van der Waals surface area contributed by atoms with E-state index in [1.807, 2.05) is 6.08 Å². The van der Waals surface area contributed by atoms with Crippen LogP contribution in [0, 0.1) is 0 Å². The molecule has 0 aliphatic rings. The number of allylic oxidation sites excluding steroid dienone is 5. The molecule has 0 rings (SSSR count). The van der Waals surface area contributed by atoms with Crippen molar-refractivity contribution < 1.29 is 28.6 Å². The lowest BCUT2D eigenvalue weighted by Crippen LogP contribution is -2.30. The Balaban J connectivity index is 4.38. The number of carbonyl (C=O) groups is 3. The quantitative estimate of drug-likeness (QED) is 0.0267. The summed E-state index contributed by atoms with van der Waals surface area (Å²) in [4.78, 5) is 37.6. The fourth-order valence-corrected chi connectivity index (χ4v) is 6.50. The Hall–Kier alpha value is -2.37. The van der Waals surface area contributed by atoms with Crippen LogP contribution in [-0.4, -0.2) is 37.2 Å². The fraction of sp³-hybridized carbons (Fsp3) is 0.812. The van der Waals surface area contributed by atoms with Crippen LogP contribution in [0.1, 0.15) is 233 Å². The molecular formula is C48H86O6. The lowest BCUT2D eigenvalue weighted by atomic mass is 10.0. The summed E-state index contributed by atoms with van der Waals surface area (Å²) in [5, 5.41) is 0.